The van der Waals surface area contributed by atoms with E-state index >= 15 is 0 Å². The van der Waals surface area contributed by atoms with Crippen LogP contribution in [0.15, 0.2) is 106 Å². The highest BCUT2D eigenvalue weighted by molar-refractivity contribution is 7.07. The average Bonchev–Trinajstić information content (AvgIpc) is 3.33. The number of thiazole rings is 1. The van der Waals surface area contributed by atoms with Gasteiger partial charge in [0.25, 0.3) is 5.56 Å². The summed E-state index contributed by atoms with van der Waals surface area (Å²) in [7, 11) is 1.58. The molecule has 0 N–H and O–H groups in total. The van der Waals surface area contributed by atoms with Crippen LogP contribution in [0.2, 0.25) is 5.02 Å². The molecule has 0 fully saturated rings. The van der Waals surface area contributed by atoms with Crippen LogP contribution < -0.4 is 24.4 Å². The van der Waals surface area contributed by atoms with Gasteiger partial charge in [-0.2, -0.15) is 0 Å². The minimum atomic E-state index is -0.777. The van der Waals surface area contributed by atoms with Crippen LogP contribution in [0.25, 0.3) is 16.8 Å². The lowest BCUT2D eigenvalue weighted by Gasteiger charge is -2.25. The largest absolute Gasteiger partial charge is 0.493 e. The zero-order chi connectivity index (χ0) is 30.8. The zero-order valence-electron chi connectivity index (χ0n) is 24.4. The Hall–Kier alpha value is -4.66. The van der Waals surface area contributed by atoms with Crippen LogP contribution in [0.5, 0.6) is 11.5 Å². The molecule has 0 saturated carbocycles. The summed E-state index contributed by atoms with van der Waals surface area (Å²) in [6.45, 7) is 4.05. The van der Waals surface area contributed by atoms with Crippen molar-refractivity contribution >= 4 is 45.8 Å². The number of nitrogens with zero attached hydrogens (tertiary/aromatic N) is 2. The first-order chi connectivity index (χ1) is 21.4. The standard InChI is InChI=1S/C35H29ClN2O5S/c1-4-42-34(40)31-21(2)37-35-38(32(31)26-14-7-8-15-27(26)36)33(39)30(44-35)19-22-16-17-28(29(18-22)41-3)43-20-24-12-9-11-23-10-5-6-13-25(23)24/h5-19,32H,4,20H2,1-3H3/b30-19-/t32-/m0/s1. The third-order valence-corrected chi connectivity index (χ3v) is 8.79. The SMILES string of the molecule is CCOC(=O)C1=C(C)N=c2s/c(=C\c3ccc(OCc4cccc5ccccc45)c(OC)c3)c(=O)n2[C@H]1c1ccccc1Cl. The maximum absolute atomic E-state index is 13.9. The Labute approximate surface area is 262 Å². The van der Waals surface area contributed by atoms with Gasteiger partial charge in [-0.1, -0.05) is 89.7 Å². The fourth-order valence-corrected chi connectivity index (χ4v) is 6.69. The van der Waals surface area contributed by atoms with Crippen molar-refractivity contribution < 1.29 is 19.0 Å². The lowest BCUT2D eigenvalue weighted by atomic mass is 9.96. The van der Waals surface area contributed by atoms with Crippen molar-refractivity contribution in [2.45, 2.75) is 26.5 Å². The van der Waals surface area contributed by atoms with Crippen LogP contribution in [0.1, 0.15) is 36.6 Å². The molecular weight excluding hydrogens is 596 g/mol. The van der Waals surface area contributed by atoms with Crippen LogP contribution in [0.3, 0.4) is 0 Å². The molecule has 1 aliphatic heterocycles. The van der Waals surface area contributed by atoms with Gasteiger partial charge in [0, 0.05) is 5.02 Å². The van der Waals surface area contributed by atoms with Crippen molar-refractivity contribution in [2.24, 2.45) is 4.99 Å². The van der Waals surface area contributed by atoms with Crippen molar-refractivity contribution in [1.82, 2.24) is 4.57 Å². The Kier molecular flexibility index (Phi) is 8.37. The summed E-state index contributed by atoms with van der Waals surface area (Å²) in [4.78, 5) is 32.2. The Morgan fingerprint density at radius 3 is 2.59 bits per heavy atom. The first-order valence-corrected chi connectivity index (χ1v) is 15.3. The van der Waals surface area contributed by atoms with Gasteiger partial charge in [0.15, 0.2) is 16.3 Å². The second-order valence-electron chi connectivity index (χ2n) is 10.2. The highest BCUT2D eigenvalue weighted by Crippen LogP contribution is 2.35. The monoisotopic (exact) mass is 624 g/mol. The Balaban J connectivity index is 1.37. The van der Waals surface area contributed by atoms with Crippen molar-refractivity contribution in [3.8, 4) is 11.5 Å². The second-order valence-corrected chi connectivity index (χ2v) is 11.6. The van der Waals surface area contributed by atoms with Crippen LogP contribution >= 0.6 is 22.9 Å². The van der Waals surface area contributed by atoms with E-state index in [2.05, 4.69) is 23.2 Å². The van der Waals surface area contributed by atoms with Crippen LogP contribution in [0.4, 0.5) is 0 Å². The van der Waals surface area contributed by atoms with Crippen molar-refractivity contribution in [3.05, 3.63) is 138 Å². The number of carbonyl (C=O) groups is 1. The quantitative estimate of drug-likeness (QED) is 0.192. The third-order valence-electron chi connectivity index (χ3n) is 7.47. The van der Waals surface area contributed by atoms with Gasteiger partial charge in [-0.15, -0.1) is 0 Å². The number of hydrogen-bond acceptors (Lipinski definition) is 7. The number of esters is 1. The summed E-state index contributed by atoms with van der Waals surface area (Å²) in [6.07, 6.45) is 1.79. The van der Waals surface area contributed by atoms with Gasteiger partial charge in [-0.05, 0) is 65.6 Å². The number of fused-ring (bicyclic) bond motifs is 2. The Bertz CT molecular complexity index is 2110. The lowest BCUT2D eigenvalue weighted by Crippen LogP contribution is -2.40. The van der Waals surface area contributed by atoms with Gasteiger partial charge < -0.3 is 14.2 Å². The summed E-state index contributed by atoms with van der Waals surface area (Å²) in [6, 6.07) is 26.3. The van der Waals surface area contributed by atoms with E-state index in [0.717, 1.165) is 21.9 Å². The summed E-state index contributed by atoms with van der Waals surface area (Å²) >= 11 is 7.84. The van der Waals surface area contributed by atoms with E-state index in [1.54, 1.807) is 39.2 Å². The fraction of sp³-hybridized carbons (Fsp3) is 0.171. The van der Waals surface area contributed by atoms with E-state index in [-0.39, 0.29) is 17.7 Å². The minimum Gasteiger partial charge on any atom is -0.493 e. The molecule has 1 aromatic heterocycles. The van der Waals surface area contributed by atoms with E-state index in [1.807, 2.05) is 54.6 Å². The van der Waals surface area contributed by atoms with Gasteiger partial charge in [0.05, 0.1) is 29.5 Å². The highest BCUT2D eigenvalue weighted by atomic mass is 35.5. The first kappa shape index (κ1) is 29.4. The molecule has 222 valence electrons. The van der Waals surface area contributed by atoms with Crippen LogP contribution in [-0.2, 0) is 16.1 Å². The Morgan fingerprint density at radius 2 is 1.80 bits per heavy atom. The van der Waals surface area contributed by atoms with Gasteiger partial charge in [-0.25, -0.2) is 9.79 Å². The molecule has 1 atom stereocenters. The van der Waals surface area contributed by atoms with Crippen molar-refractivity contribution in [3.63, 3.8) is 0 Å². The molecule has 44 heavy (non-hydrogen) atoms. The van der Waals surface area contributed by atoms with Gasteiger partial charge >= 0.3 is 5.97 Å². The molecule has 0 aliphatic carbocycles. The minimum absolute atomic E-state index is 0.193. The number of carbonyl (C=O) groups excluding carboxylic acids is 1. The maximum atomic E-state index is 13.9. The molecule has 0 unspecified atom stereocenters. The van der Waals surface area contributed by atoms with E-state index in [1.165, 1.54) is 15.9 Å². The van der Waals surface area contributed by atoms with Gasteiger partial charge in [-0.3, -0.25) is 9.36 Å². The number of allylic oxidation sites excluding steroid dienone is 1. The van der Waals surface area contributed by atoms with E-state index in [4.69, 9.17) is 25.8 Å². The predicted octanol–water partition coefficient (Wildman–Crippen LogP) is 6.19. The predicted molar refractivity (Wildman–Crippen MR) is 173 cm³/mol. The van der Waals surface area contributed by atoms with Crippen molar-refractivity contribution in [1.29, 1.82) is 0 Å². The van der Waals surface area contributed by atoms with E-state index in [9.17, 15) is 9.59 Å². The smallest absolute Gasteiger partial charge is 0.338 e. The summed E-state index contributed by atoms with van der Waals surface area (Å²) in [5.41, 5.74) is 2.92. The molecule has 0 amide bonds. The summed E-state index contributed by atoms with van der Waals surface area (Å²) in [5, 5.41) is 2.73. The summed E-state index contributed by atoms with van der Waals surface area (Å²) < 4.78 is 19.2. The fourth-order valence-electron chi connectivity index (χ4n) is 5.40. The van der Waals surface area contributed by atoms with E-state index in [0.29, 0.717) is 43.7 Å². The molecule has 2 heterocycles. The van der Waals surface area contributed by atoms with Crippen molar-refractivity contribution in [2.75, 3.05) is 13.7 Å². The number of hydrogen-bond donors (Lipinski definition) is 0. The number of ether oxygens (including phenoxy) is 3. The second kappa shape index (κ2) is 12.5. The zero-order valence-corrected chi connectivity index (χ0v) is 25.9. The average molecular weight is 625 g/mol. The number of benzene rings is 4. The number of aromatic nitrogens is 1. The van der Waals surface area contributed by atoms with Gasteiger partial charge in [0.1, 0.15) is 12.6 Å². The van der Waals surface area contributed by atoms with Crippen LogP contribution in [-0.4, -0.2) is 24.3 Å². The normalized spacial score (nSPS) is 14.7. The highest BCUT2D eigenvalue weighted by Gasteiger charge is 2.34. The van der Waals surface area contributed by atoms with Crippen LogP contribution in [0, 0.1) is 0 Å². The number of rotatable bonds is 8. The molecule has 7 nitrogen and oxygen atoms in total. The first-order valence-electron chi connectivity index (χ1n) is 14.1. The molecule has 4 aromatic carbocycles. The molecule has 5 aromatic rings. The molecular formula is C35H29ClN2O5S. The molecule has 0 bridgehead atoms. The van der Waals surface area contributed by atoms with Gasteiger partial charge in [0.2, 0.25) is 0 Å². The maximum Gasteiger partial charge on any atom is 0.338 e. The number of methoxy groups -OCH3 is 1. The molecule has 1 aliphatic rings. The molecule has 0 spiro atoms. The summed E-state index contributed by atoms with van der Waals surface area (Å²) in [5.74, 6) is 0.602. The molecule has 6 rings (SSSR count). The van der Waals surface area contributed by atoms with E-state index < -0.39 is 12.0 Å². The topological polar surface area (TPSA) is 79.1 Å². The molecule has 0 radical (unpaired) electrons. The number of halogens is 1. The Morgan fingerprint density at radius 1 is 1.02 bits per heavy atom. The molecule has 0 saturated heterocycles. The third kappa shape index (κ3) is 5.54. The molecule has 9 heteroatoms. The lowest BCUT2D eigenvalue weighted by molar-refractivity contribution is -0.139.